The molecule has 0 atom stereocenters. The van der Waals surface area contributed by atoms with Crippen molar-refractivity contribution in [3.05, 3.63) is 90.5 Å². The lowest BCUT2D eigenvalue weighted by Crippen LogP contribution is -2.12. The van der Waals surface area contributed by atoms with Crippen molar-refractivity contribution in [1.82, 2.24) is 19.9 Å². The van der Waals surface area contributed by atoms with Gasteiger partial charge in [0.15, 0.2) is 5.82 Å². The molecule has 0 saturated carbocycles. The molecule has 0 fully saturated rings. The predicted molar refractivity (Wildman–Crippen MR) is 112 cm³/mol. The molecule has 29 heavy (non-hydrogen) atoms. The van der Waals surface area contributed by atoms with E-state index >= 15 is 0 Å². The Hall–Kier alpha value is -4.13. The Morgan fingerprint density at radius 2 is 1.83 bits per heavy atom. The first kappa shape index (κ1) is 18.2. The number of pyridine rings is 1. The summed E-state index contributed by atoms with van der Waals surface area (Å²) in [6.45, 7) is 1.97. The van der Waals surface area contributed by atoms with Crippen molar-refractivity contribution >= 4 is 23.2 Å². The summed E-state index contributed by atoms with van der Waals surface area (Å²) in [6, 6.07) is 18.4. The van der Waals surface area contributed by atoms with Crippen molar-refractivity contribution in [2.45, 2.75) is 6.92 Å². The highest BCUT2D eigenvalue weighted by Gasteiger charge is 2.09. The van der Waals surface area contributed by atoms with Crippen LogP contribution in [0.4, 0.5) is 17.3 Å². The molecule has 2 aromatic carbocycles. The highest BCUT2D eigenvalue weighted by atomic mass is 16.1. The average molecular weight is 382 g/mol. The van der Waals surface area contributed by atoms with Gasteiger partial charge in [-0.3, -0.25) is 9.78 Å². The van der Waals surface area contributed by atoms with E-state index < -0.39 is 0 Å². The van der Waals surface area contributed by atoms with Gasteiger partial charge in [-0.05, 0) is 48.9 Å². The number of nitrogens with one attached hydrogen (secondary N) is 2. The number of hydrogen-bond acceptors (Lipinski definition) is 6. The molecule has 2 heterocycles. The van der Waals surface area contributed by atoms with E-state index in [2.05, 4.69) is 30.6 Å². The number of anilines is 3. The maximum absolute atomic E-state index is 12.4. The molecule has 0 aliphatic heterocycles. The molecule has 0 aliphatic carbocycles. The van der Waals surface area contributed by atoms with Crippen LogP contribution < -0.4 is 10.6 Å². The maximum Gasteiger partial charge on any atom is 0.255 e. The zero-order valence-corrected chi connectivity index (χ0v) is 15.7. The zero-order valence-electron chi connectivity index (χ0n) is 15.7. The fourth-order valence-electron chi connectivity index (χ4n) is 2.74. The summed E-state index contributed by atoms with van der Waals surface area (Å²) in [4.78, 5) is 29.4. The van der Waals surface area contributed by atoms with Gasteiger partial charge in [0.25, 0.3) is 5.91 Å². The Kier molecular flexibility index (Phi) is 5.20. The van der Waals surface area contributed by atoms with Gasteiger partial charge < -0.3 is 10.6 Å². The monoisotopic (exact) mass is 382 g/mol. The van der Waals surface area contributed by atoms with E-state index in [1.807, 2.05) is 55.5 Å². The van der Waals surface area contributed by atoms with Crippen molar-refractivity contribution in [1.29, 1.82) is 0 Å². The van der Waals surface area contributed by atoms with Crippen LogP contribution in [0.2, 0.25) is 0 Å². The summed E-state index contributed by atoms with van der Waals surface area (Å²) in [7, 11) is 0. The van der Waals surface area contributed by atoms with E-state index in [9.17, 15) is 4.79 Å². The third-order valence-corrected chi connectivity index (χ3v) is 4.27. The van der Waals surface area contributed by atoms with Crippen LogP contribution in [0.3, 0.4) is 0 Å². The summed E-state index contributed by atoms with van der Waals surface area (Å²) in [5.41, 5.74) is 3.86. The van der Waals surface area contributed by atoms with E-state index in [0.29, 0.717) is 23.0 Å². The van der Waals surface area contributed by atoms with Crippen LogP contribution in [-0.2, 0) is 0 Å². The summed E-state index contributed by atoms with van der Waals surface area (Å²) >= 11 is 0. The molecular formula is C22H18N6O. The van der Waals surface area contributed by atoms with Crippen molar-refractivity contribution in [2.24, 2.45) is 0 Å². The van der Waals surface area contributed by atoms with Gasteiger partial charge >= 0.3 is 0 Å². The maximum atomic E-state index is 12.4. The Bertz CT molecular complexity index is 1130. The number of amides is 1. The van der Waals surface area contributed by atoms with E-state index in [1.165, 1.54) is 6.33 Å². The molecule has 2 N–H and O–H groups in total. The predicted octanol–water partition coefficient (Wildman–Crippen LogP) is 4.24. The van der Waals surface area contributed by atoms with E-state index in [4.69, 9.17) is 0 Å². The first-order valence-corrected chi connectivity index (χ1v) is 9.02. The van der Waals surface area contributed by atoms with E-state index in [0.717, 1.165) is 16.8 Å². The second-order valence-corrected chi connectivity index (χ2v) is 6.35. The standard InChI is InChI=1S/C22H18N6O/c1-15-9-10-18(26-21(29)16-6-3-2-4-7-16)12-19(15)27-22-25-14-24-20(28-22)17-8-5-11-23-13-17/h2-14H,1H3,(H,26,29)(H,24,25,27,28). The van der Waals surface area contributed by atoms with Crippen LogP contribution in [0, 0.1) is 6.92 Å². The van der Waals surface area contributed by atoms with Gasteiger partial charge in [0.05, 0.1) is 0 Å². The smallest absolute Gasteiger partial charge is 0.255 e. The molecule has 0 saturated heterocycles. The molecule has 4 rings (SSSR count). The number of aryl methyl sites for hydroxylation is 1. The Labute approximate surface area is 167 Å². The number of aromatic nitrogens is 4. The molecule has 2 aromatic heterocycles. The van der Waals surface area contributed by atoms with Crippen LogP contribution in [0.5, 0.6) is 0 Å². The molecule has 0 radical (unpaired) electrons. The van der Waals surface area contributed by atoms with Gasteiger partial charge in [-0.2, -0.15) is 4.98 Å². The Morgan fingerprint density at radius 3 is 2.62 bits per heavy atom. The minimum atomic E-state index is -0.167. The minimum Gasteiger partial charge on any atom is -0.324 e. The first-order valence-electron chi connectivity index (χ1n) is 9.02. The second kappa shape index (κ2) is 8.26. The molecule has 1 amide bonds. The quantitative estimate of drug-likeness (QED) is 0.536. The second-order valence-electron chi connectivity index (χ2n) is 6.35. The van der Waals surface area contributed by atoms with Crippen LogP contribution in [0.1, 0.15) is 15.9 Å². The number of carbonyl (C=O) groups excluding carboxylic acids is 1. The average Bonchev–Trinajstić information content (AvgIpc) is 2.77. The van der Waals surface area contributed by atoms with Crippen molar-refractivity contribution in [3.63, 3.8) is 0 Å². The summed E-state index contributed by atoms with van der Waals surface area (Å²) in [5, 5.41) is 6.11. The van der Waals surface area contributed by atoms with Gasteiger partial charge in [-0.25, -0.2) is 9.97 Å². The lowest BCUT2D eigenvalue weighted by atomic mass is 10.1. The fraction of sp³-hybridized carbons (Fsp3) is 0.0455. The van der Waals surface area contributed by atoms with Gasteiger partial charge in [0.2, 0.25) is 5.95 Å². The Morgan fingerprint density at radius 1 is 0.966 bits per heavy atom. The summed E-state index contributed by atoms with van der Waals surface area (Å²) in [5.74, 6) is 0.773. The molecule has 0 aliphatic rings. The van der Waals surface area contributed by atoms with Crippen LogP contribution in [-0.4, -0.2) is 25.8 Å². The van der Waals surface area contributed by atoms with Gasteiger partial charge in [-0.1, -0.05) is 24.3 Å². The zero-order chi connectivity index (χ0) is 20.1. The van der Waals surface area contributed by atoms with Crippen LogP contribution >= 0.6 is 0 Å². The number of nitrogens with zero attached hydrogens (tertiary/aromatic N) is 4. The molecule has 0 unspecified atom stereocenters. The lowest BCUT2D eigenvalue weighted by molar-refractivity contribution is 0.102. The van der Waals surface area contributed by atoms with Gasteiger partial charge in [0.1, 0.15) is 6.33 Å². The highest BCUT2D eigenvalue weighted by molar-refractivity contribution is 6.04. The van der Waals surface area contributed by atoms with Crippen molar-refractivity contribution < 1.29 is 4.79 Å². The van der Waals surface area contributed by atoms with Crippen LogP contribution in [0.25, 0.3) is 11.4 Å². The summed E-state index contributed by atoms with van der Waals surface area (Å²) in [6.07, 6.45) is 4.85. The molecular weight excluding hydrogens is 364 g/mol. The number of hydrogen-bond donors (Lipinski definition) is 2. The number of benzene rings is 2. The molecule has 7 nitrogen and oxygen atoms in total. The molecule has 142 valence electrons. The summed E-state index contributed by atoms with van der Waals surface area (Å²) < 4.78 is 0. The largest absolute Gasteiger partial charge is 0.324 e. The van der Waals surface area contributed by atoms with Gasteiger partial charge in [0, 0.05) is 34.9 Å². The molecule has 4 aromatic rings. The first-order chi connectivity index (χ1) is 14.2. The number of carbonyl (C=O) groups is 1. The van der Waals surface area contributed by atoms with Crippen molar-refractivity contribution in [2.75, 3.05) is 10.6 Å². The van der Waals surface area contributed by atoms with Crippen LogP contribution in [0.15, 0.2) is 79.4 Å². The van der Waals surface area contributed by atoms with Gasteiger partial charge in [-0.15, -0.1) is 0 Å². The van der Waals surface area contributed by atoms with Crippen molar-refractivity contribution in [3.8, 4) is 11.4 Å². The molecule has 0 bridgehead atoms. The molecule has 7 heteroatoms. The van der Waals surface area contributed by atoms with E-state index in [-0.39, 0.29) is 5.91 Å². The Balaban J connectivity index is 1.55. The number of rotatable bonds is 5. The van der Waals surface area contributed by atoms with E-state index in [1.54, 1.807) is 24.5 Å². The molecule has 0 spiro atoms. The highest BCUT2D eigenvalue weighted by Crippen LogP contribution is 2.24. The third kappa shape index (κ3) is 4.41. The topological polar surface area (TPSA) is 92.7 Å². The SMILES string of the molecule is Cc1ccc(NC(=O)c2ccccc2)cc1Nc1ncnc(-c2cccnc2)n1. The minimum absolute atomic E-state index is 0.167. The third-order valence-electron chi connectivity index (χ3n) is 4.27. The fourth-order valence-corrected chi connectivity index (χ4v) is 2.74. The normalized spacial score (nSPS) is 10.4. The lowest BCUT2D eigenvalue weighted by Gasteiger charge is -2.12.